The molecule has 1 saturated carbocycles. The van der Waals surface area contributed by atoms with E-state index in [-0.39, 0.29) is 5.91 Å². The lowest BCUT2D eigenvalue weighted by Gasteiger charge is -2.35. The Morgan fingerprint density at radius 3 is 2.34 bits per heavy atom. The van der Waals surface area contributed by atoms with Crippen molar-refractivity contribution < 1.29 is 37.4 Å². The van der Waals surface area contributed by atoms with Crippen molar-refractivity contribution in [3.63, 3.8) is 0 Å². The van der Waals surface area contributed by atoms with Crippen LogP contribution in [0.4, 0.5) is 13.2 Å². The van der Waals surface area contributed by atoms with Crippen molar-refractivity contribution in [3.05, 3.63) is 0 Å². The fourth-order valence-electron chi connectivity index (χ4n) is 4.52. The maximum absolute atomic E-state index is 12.5. The van der Waals surface area contributed by atoms with Gasteiger partial charge in [0.25, 0.3) is 0 Å². The molecule has 4 rings (SSSR count). The second-order valence-corrected chi connectivity index (χ2v) is 8.30. The van der Waals surface area contributed by atoms with Crippen LogP contribution < -0.4 is 0 Å². The molecule has 4 fully saturated rings. The van der Waals surface area contributed by atoms with Crippen LogP contribution >= 0.6 is 0 Å². The molecule has 0 radical (unpaired) electrons. The quantitative estimate of drug-likeness (QED) is 0.752. The van der Waals surface area contributed by atoms with Gasteiger partial charge in [-0.2, -0.15) is 13.2 Å². The number of amides is 1. The lowest BCUT2D eigenvalue weighted by Crippen LogP contribution is -2.41. The van der Waals surface area contributed by atoms with E-state index in [2.05, 4.69) is 4.90 Å². The van der Waals surface area contributed by atoms with Crippen molar-refractivity contribution in [1.82, 2.24) is 9.96 Å². The predicted octanol–water partition coefficient (Wildman–Crippen LogP) is 2.31. The molecule has 166 valence electrons. The zero-order chi connectivity index (χ0) is 21.0. The zero-order valence-corrected chi connectivity index (χ0v) is 16.4. The highest BCUT2D eigenvalue weighted by atomic mass is 19.4. The average Bonchev–Trinajstić information content (AvgIpc) is 3.05. The van der Waals surface area contributed by atoms with Gasteiger partial charge >= 0.3 is 12.1 Å². The lowest BCUT2D eigenvalue weighted by molar-refractivity contribution is -0.199. The maximum atomic E-state index is 12.5. The third kappa shape index (κ3) is 5.82. The fraction of sp³-hybridized carbons (Fsp3) is 0.895. The third-order valence-corrected chi connectivity index (χ3v) is 6.34. The number of alkyl halides is 3. The number of hydroxylamine groups is 2. The van der Waals surface area contributed by atoms with Crippen LogP contribution in [0.25, 0.3) is 0 Å². The molecule has 3 heterocycles. The summed E-state index contributed by atoms with van der Waals surface area (Å²) in [5.74, 6) is -0.942. The maximum Gasteiger partial charge on any atom is 0.490 e. The molecule has 1 N–H and O–H groups in total. The molecule has 3 saturated heterocycles. The first-order valence-corrected chi connectivity index (χ1v) is 10.3. The van der Waals surface area contributed by atoms with Gasteiger partial charge in [0.2, 0.25) is 5.91 Å². The molecule has 0 aromatic heterocycles. The molecule has 10 heteroatoms. The molecule has 7 nitrogen and oxygen atoms in total. The fourth-order valence-corrected chi connectivity index (χ4v) is 4.52. The summed E-state index contributed by atoms with van der Waals surface area (Å²) in [5, 5.41) is 8.73. The molecule has 4 aliphatic rings. The Bertz CT molecular complexity index is 579. The Balaban J connectivity index is 0.000000298. The largest absolute Gasteiger partial charge is 0.490 e. The lowest BCUT2D eigenvalue weighted by atomic mass is 9.81. The second kappa shape index (κ2) is 9.61. The van der Waals surface area contributed by atoms with Crippen molar-refractivity contribution in [2.45, 2.75) is 50.7 Å². The molecule has 3 atom stereocenters. The van der Waals surface area contributed by atoms with Crippen LogP contribution in [0.15, 0.2) is 0 Å². The van der Waals surface area contributed by atoms with E-state index in [0.29, 0.717) is 30.8 Å². The Morgan fingerprint density at radius 2 is 1.79 bits per heavy atom. The van der Waals surface area contributed by atoms with Gasteiger partial charge in [0.15, 0.2) is 0 Å². The predicted molar refractivity (Wildman–Crippen MR) is 95.7 cm³/mol. The van der Waals surface area contributed by atoms with Crippen molar-refractivity contribution >= 4 is 11.9 Å². The summed E-state index contributed by atoms with van der Waals surface area (Å²) in [7, 11) is 0. The van der Waals surface area contributed by atoms with E-state index in [0.717, 1.165) is 38.6 Å². The van der Waals surface area contributed by atoms with Gasteiger partial charge in [0.05, 0.1) is 19.8 Å². The minimum Gasteiger partial charge on any atom is -0.475 e. The van der Waals surface area contributed by atoms with Gasteiger partial charge < -0.3 is 9.84 Å². The van der Waals surface area contributed by atoms with Crippen LogP contribution in [-0.2, 0) is 19.2 Å². The summed E-state index contributed by atoms with van der Waals surface area (Å²) in [5.41, 5.74) is 0. The van der Waals surface area contributed by atoms with Gasteiger partial charge in [-0.25, -0.2) is 9.86 Å². The summed E-state index contributed by atoms with van der Waals surface area (Å²) < 4.78 is 37.6. The van der Waals surface area contributed by atoms with E-state index >= 15 is 0 Å². The number of aliphatic carboxylic acids is 1. The van der Waals surface area contributed by atoms with E-state index in [9.17, 15) is 18.0 Å². The highest BCUT2D eigenvalue weighted by Crippen LogP contribution is 2.39. The number of carbonyl (C=O) groups excluding carboxylic acids is 1. The van der Waals surface area contributed by atoms with E-state index in [1.54, 1.807) is 5.06 Å². The van der Waals surface area contributed by atoms with E-state index < -0.39 is 12.1 Å². The van der Waals surface area contributed by atoms with Gasteiger partial charge in [0.1, 0.15) is 0 Å². The summed E-state index contributed by atoms with van der Waals surface area (Å²) in [4.78, 5) is 29.5. The van der Waals surface area contributed by atoms with Crippen LogP contribution in [0.2, 0.25) is 0 Å². The molecule has 1 aliphatic carbocycles. The highest BCUT2D eigenvalue weighted by Gasteiger charge is 2.44. The molecule has 29 heavy (non-hydrogen) atoms. The first kappa shape index (κ1) is 22.3. The van der Waals surface area contributed by atoms with E-state index in [4.69, 9.17) is 19.5 Å². The molecule has 1 amide bonds. The summed E-state index contributed by atoms with van der Waals surface area (Å²) in [6.07, 6.45) is 1.77. The molecule has 0 aromatic rings. The molecule has 3 aliphatic heterocycles. The monoisotopic (exact) mass is 422 g/mol. The number of nitrogens with zero attached hydrogens (tertiary/aromatic N) is 2. The van der Waals surface area contributed by atoms with Crippen LogP contribution in [0, 0.1) is 17.8 Å². The van der Waals surface area contributed by atoms with Crippen molar-refractivity contribution in [2.24, 2.45) is 17.8 Å². The molecular formula is C19H29F3N2O5. The Hall–Kier alpha value is -1.39. The highest BCUT2D eigenvalue weighted by molar-refractivity contribution is 5.75. The smallest absolute Gasteiger partial charge is 0.475 e. The Morgan fingerprint density at radius 1 is 1.07 bits per heavy atom. The molecule has 0 bridgehead atoms. The number of rotatable bonds is 3. The number of ether oxygens (including phenoxy) is 1. The minimum atomic E-state index is -5.08. The number of likely N-dealkylation sites (tertiary alicyclic amines) is 1. The molecule has 0 spiro atoms. The van der Waals surface area contributed by atoms with Gasteiger partial charge in [0, 0.05) is 32.1 Å². The standard InChI is InChI=1S/C17H28N2O3.C2HF3O2/c20-17(19-6-1-2-7-22-19)8-13-11-21-12-14-9-18(10-16(13)14)15-4-3-5-15;3-2(4,5)1(6)7/h13-16H,1-12H2;(H,6,7)/t13-,14-,16+;/m1./s1. The number of carboxylic acids is 1. The first-order chi connectivity index (χ1) is 13.8. The van der Waals surface area contributed by atoms with Gasteiger partial charge in [-0.3, -0.25) is 14.5 Å². The van der Waals surface area contributed by atoms with Crippen LogP contribution in [0.1, 0.15) is 38.5 Å². The number of carboxylic acid groups (broad SMARTS) is 1. The molecular weight excluding hydrogens is 393 g/mol. The van der Waals surface area contributed by atoms with Crippen molar-refractivity contribution in [3.8, 4) is 0 Å². The van der Waals surface area contributed by atoms with Crippen LogP contribution in [0.5, 0.6) is 0 Å². The SMILES string of the molecule is O=C(C[C@@H]1COC[C@H]2CN(C3CCC3)C[C@@H]12)N1CCCCO1.O=C(O)C(F)(F)F. The van der Waals surface area contributed by atoms with Crippen molar-refractivity contribution in [2.75, 3.05) is 39.5 Å². The van der Waals surface area contributed by atoms with E-state index in [1.165, 1.54) is 32.4 Å². The zero-order valence-electron chi connectivity index (χ0n) is 16.4. The Kier molecular flexibility index (Phi) is 7.39. The van der Waals surface area contributed by atoms with Crippen molar-refractivity contribution in [1.29, 1.82) is 0 Å². The first-order valence-electron chi connectivity index (χ1n) is 10.3. The van der Waals surface area contributed by atoms with Crippen LogP contribution in [0.3, 0.4) is 0 Å². The second-order valence-electron chi connectivity index (χ2n) is 8.30. The molecule has 0 unspecified atom stereocenters. The average molecular weight is 422 g/mol. The molecule has 0 aromatic carbocycles. The van der Waals surface area contributed by atoms with Gasteiger partial charge in [-0.15, -0.1) is 0 Å². The van der Waals surface area contributed by atoms with E-state index in [1.807, 2.05) is 0 Å². The minimum absolute atomic E-state index is 0.163. The summed E-state index contributed by atoms with van der Waals surface area (Å²) >= 11 is 0. The van der Waals surface area contributed by atoms with Crippen LogP contribution in [-0.4, -0.2) is 78.6 Å². The number of hydrogen-bond donors (Lipinski definition) is 1. The Labute approximate surface area is 168 Å². The summed E-state index contributed by atoms with van der Waals surface area (Å²) in [6.45, 7) is 5.44. The number of carbonyl (C=O) groups is 2. The number of hydrogen-bond acceptors (Lipinski definition) is 5. The number of fused-ring (bicyclic) bond motifs is 1. The van der Waals surface area contributed by atoms with Gasteiger partial charge in [-0.1, -0.05) is 6.42 Å². The third-order valence-electron chi connectivity index (χ3n) is 6.34. The topological polar surface area (TPSA) is 79.3 Å². The number of halogens is 3. The van der Waals surface area contributed by atoms with Gasteiger partial charge in [-0.05, 0) is 43.4 Å². The summed E-state index contributed by atoms with van der Waals surface area (Å²) in [6, 6.07) is 0.812. The normalized spacial score (nSPS) is 30.7.